The first-order chi connectivity index (χ1) is 10.2. The third-order valence-corrected chi connectivity index (χ3v) is 4.99. The molecule has 3 nitrogen and oxygen atoms in total. The number of nitrogens with zero attached hydrogens (tertiary/aromatic N) is 2. The van der Waals surface area contributed by atoms with Crippen molar-refractivity contribution in [1.29, 1.82) is 0 Å². The Kier molecular flexibility index (Phi) is 5.17. The summed E-state index contributed by atoms with van der Waals surface area (Å²) in [5, 5.41) is 0.840. The van der Waals surface area contributed by atoms with Crippen LogP contribution in [0.15, 0.2) is 24.3 Å². The third-order valence-electron chi connectivity index (χ3n) is 4.76. The molecule has 0 aromatic heterocycles. The van der Waals surface area contributed by atoms with Gasteiger partial charge in [0.15, 0.2) is 0 Å². The molecule has 0 N–H and O–H groups in total. The van der Waals surface area contributed by atoms with E-state index < -0.39 is 0 Å². The molecule has 2 atom stereocenters. The molecule has 2 fully saturated rings. The Morgan fingerprint density at radius 2 is 2.10 bits per heavy atom. The Bertz CT molecular complexity index is 462. The zero-order valence-electron chi connectivity index (χ0n) is 12.8. The van der Waals surface area contributed by atoms with Gasteiger partial charge in [-0.15, -0.1) is 0 Å². The Labute approximate surface area is 132 Å². The molecule has 116 valence electrons. The molecule has 2 aliphatic heterocycles. The summed E-state index contributed by atoms with van der Waals surface area (Å²) in [6.07, 6.45) is 1.29. The maximum absolute atomic E-state index is 6.10. The zero-order valence-corrected chi connectivity index (χ0v) is 13.6. The molecule has 0 bridgehead atoms. The predicted molar refractivity (Wildman–Crippen MR) is 87.1 cm³/mol. The lowest BCUT2D eigenvalue weighted by molar-refractivity contribution is 0.0184. The summed E-state index contributed by atoms with van der Waals surface area (Å²) < 4.78 is 5.45. The average Bonchev–Trinajstić information content (AvgIpc) is 2.97. The summed E-state index contributed by atoms with van der Waals surface area (Å²) in [6.45, 7) is 9.84. The van der Waals surface area contributed by atoms with Crippen molar-refractivity contribution in [3.05, 3.63) is 34.9 Å². The molecule has 2 saturated heterocycles. The molecule has 2 heterocycles. The summed E-state index contributed by atoms with van der Waals surface area (Å²) >= 11 is 6.10. The summed E-state index contributed by atoms with van der Waals surface area (Å²) in [7, 11) is 0. The van der Waals surface area contributed by atoms with Gasteiger partial charge in [-0.2, -0.15) is 0 Å². The van der Waals surface area contributed by atoms with Crippen molar-refractivity contribution in [2.45, 2.75) is 25.3 Å². The van der Waals surface area contributed by atoms with Crippen molar-refractivity contribution in [2.24, 2.45) is 0 Å². The van der Waals surface area contributed by atoms with Crippen LogP contribution in [0.1, 0.15) is 24.8 Å². The Balaban J connectivity index is 1.52. The highest BCUT2D eigenvalue weighted by Gasteiger charge is 2.29. The Morgan fingerprint density at radius 1 is 1.29 bits per heavy atom. The molecule has 4 heteroatoms. The van der Waals surface area contributed by atoms with E-state index in [0.29, 0.717) is 5.92 Å². The van der Waals surface area contributed by atoms with Crippen LogP contribution in [0.25, 0.3) is 0 Å². The van der Waals surface area contributed by atoms with Crippen LogP contribution in [0.5, 0.6) is 0 Å². The topological polar surface area (TPSA) is 15.7 Å². The van der Waals surface area contributed by atoms with Crippen molar-refractivity contribution in [3.63, 3.8) is 0 Å². The lowest BCUT2D eigenvalue weighted by Crippen LogP contribution is -2.44. The molecule has 0 amide bonds. The van der Waals surface area contributed by atoms with Crippen LogP contribution >= 0.6 is 11.6 Å². The van der Waals surface area contributed by atoms with E-state index in [4.69, 9.17) is 16.3 Å². The first-order valence-electron chi connectivity index (χ1n) is 8.02. The van der Waals surface area contributed by atoms with Crippen LogP contribution in [0.2, 0.25) is 5.02 Å². The Morgan fingerprint density at radius 3 is 2.86 bits per heavy atom. The Hall–Kier alpha value is -0.610. The van der Waals surface area contributed by atoms with Crippen molar-refractivity contribution in [3.8, 4) is 0 Å². The zero-order chi connectivity index (χ0) is 14.7. The van der Waals surface area contributed by atoms with Crippen LogP contribution in [0.4, 0.5) is 0 Å². The van der Waals surface area contributed by atoms with Crippen LogP contribution < -0.4 is 0 Å². The SMILES string of the molecule is C[C@H](CN1CC[C@@H](N2CCOCC2)C1)c1cccc(Cl)c1. The number of rotatable bonds is 4. The molecule has 3 rings (SSSR count). The fourth-order valence-electron chi connectivity index (χ4n) is 3.52. The first-order valence-corrected chi connectivity index (χ1v) is 8.40. The molecule has 1 aromatic rings. The summed E-state index contributed by atoms with van der Waals surface area (Å²) in [5.74, 6) is 0.534. The van der Waals surface area contributed by atoms with E-state index in [1.165, 1.54) is 25.1 Å². The fourth-order valence-corrected chi connectivity index (χ4v) is 3.72. The van der Waals surface area contributed by atoms with Gasteiger partial charge in [0.2, 0.25) is 0 Å². The largest absolute Gasteiger partial charge is 0.379 e. The number of benzene rings is 1. The van der Waals surface area contributed by atoms with Gasteiger partial charge in [-0.1, -0.05) is 30.7 Å². The maximum atomic E-state index is 6.10. The van der Waals surface area contributed by atoms with Gasteiger partial charge in [0.05, 0.1) is 13.2 Å². The minimum atomic E-state index is 0.534. The highest BCUT2D eigenvalue weighted by atomic mass is 35.5. The van der Waals surface area contributed by atoms with E-state index in [9.17, 15) is 0 Å². The minimum absolute atomic E-state index is 0.534. The predicted octanol–water partition coefficient (Wildman–Crippen LogP) is 2.85. The van der Waals surface area contributed by atoms with Gasteiger partial charge < -0.3 is 9.64 Å². The van der Waals surface area contributed by atoms with Gasteiger partial charge in [-0.05, 0) is 36.6 Å². The van der Waals surface area contributed by atoms with Crippen molar-refractivity contribution < 1.29 is 4.74 Å². The van der Waals surface area contributed by atoms with E-state index in [0.717, 1.165) is 43.9 Å². The monoisotopic (exact) mass is 308 g/mol. The smallest absolute Gasteiger partial charge is 0.0594 e. The molecule has 0 unspecified atom stereocenters. The normalized spacial score (nSPS) is 26.1. The van der Waals surface area contributed by atoms with Crippen LogP contribution in [0, 0.1) is 0 Å². The molecule has 0 saturated carbocycles. The van der Waals surface area contributed by atoms with E-state index in [2.05, 4.69) is 34.9 Å². The second kappa shape index (κ2) is 7.10. The second-order valence-corrected chi connectivity index (χ2v) is 6.74. The molecular weight excluding hydrogens is 284 g/mol. The van der Waals surface area contributed by atoms with Crippen molar-refractivity contribution >= 4 is 11.6 Å². The molecule has 0 radical (unpaired) electrons. The van der Waals surface area contributed by atoms with E-state index in [-0.39, 0.29) is 0 Å². The second-order valence-electron chi connectivity index (χ2n) is 6.31. The summed E-state index contributed by atoms with van der Waals surface area (Å²) in [5.41, 5.74) is 1.34. The lowest BCUT2D eigenvalue weighted by atomic mass is 10.0. The molecule has 0 aliphatic carbocycles. The van der Waals surface area contributed by atoms with Crippen LogP contribution in [-0.2, 0) is 4.74 Å². The van der Waals surface area contributed by atoms with E-state index in [1.54, 1.807) is 0 Å². The quantitative estimate of drug-likeness (QED) is 0.850. The van der Waals surface area contributed by atoms with Gasteiger partial charge in [0.25, 0.3) is 0 Å². The number of hydrogen-bond acceptors (Lipinski definition) is 3. The number of likely N-dealkylation sites (tertiary alicyclic amines) is 1. The summed E-state index contributed by atoms with van der Waals surface area (Å²) in [6, 6.07) is 9.00. The summed E-state index contributed by atoms with van der Waals surface area (Å²) in [4.78, 5) is 5.21. The van der Waals surface area contributed by atoms with Crippen LogP contribution in [-0.4, -0.2) is 61.8 Å². The molecule has 0 spiro atoms. The standard InChI is InChI=1S/C17H25ClN2O/c1-14(15-3-2-4-16(18)11-15)12-19-6-5-17(13-19)20-7-9-21-10-8-20/h2-4,11,14,17H,5-10,12-13H2,1H3/t14-,17-/m1/s1. The van der Waals surface area contributed by atoms with Gasteiger partial charge in [0.1, 0.15) is 0 Å². The first kappa shape index (κ1) is 15.3. The number of morpholine rings is 1. The van der Waals surface area contributed by atoms with Gasteiger partial charge in [-0.3, -0.25) is 4.90 Å². The van der Waals surface area contributed by atoms with Crippen LogP contribution in [0.3, 0.4) is 0 Å². The maximum Gasteiger partial charge on any atom is 0.0594 e. The van der Waals surface area contributed by atoms with Gasteiger partial charge in [0, 0.05) is 37.2 Å². The van der Waals surface area contributed by atoms with Gasteiger partial charge >= 0.3 is 0 Å². The lowest BCUT2D eigenvalue weighted by Gasteiger charge is -2.32. The highest BCUT2D eigenvalue weighted by Crippen LogP contribution is 2.23. The minimum Gasteiger partial charge on any atom is -0.379 e. The van der Waals surface area contributed by atoms with Crippen molar-refractivity contribution in [1.82, 2.24) is 9.80 Å². The fraction of sp³-hybridized carbons (Fsp3) is 0.647. The molecular formula is C17H25ClN2O. The van der Waals surface area contributed by atoms with Gasteiger partial charge in [-0.25, -0.2) is 0 Å². The number of ether oxygens (including phenoxy) is 1. The molecule has 2 aliphatic rings. The third kappa shape index (κ3) is 3.98. The average molecular weight is 309 g/mol. The molecule has 1 aromatic carbocycles. The highest BCUT2D eigenvalue weighted by molar-refractivity contribution is 6.30. The van der Waals surface area contributed by atoms with E-state index >= 15 is 0 Å². The number of halogens is 1. The molecule has 21 heavy (non-hydrogen) atoms. The van der Waals surface area contributed by atoms with E-state index in [1.807, 2.05) is 6.07 Å². The van der Waals surface area contributed by atoms with Crippen molar-refractivity contribution in [2.75, 3.05) is 45.9 Å². The number of hydrogen-bond donors (Lipinski definition) is 0.